The van der Waals surface area contributed by atoms with Crippen LogP contribution in [-0.2, 0) is 0 Å². The summed E-state index contributed by atoms with van der Waals surface area (Å²) in [6, 6.07) is 53.7. The minimum Gasteiger partial charge on any atom is -0.455 e. The third kappa shape index (κ3) is 6.34. The van der Waals surface area contributed by atoms with Gasteiger partial charge in [0.2, 0.25) is 0 Å². The lowest BCUT2D eigenvalue weighted by atomic mass is 9.93. The topological polar surface area (TPSA) is 16.4 Å². The molecule has 1 heterocycles. The second-order valence-corrected chi connectivity index (χ2v) is 12.7. The molecule has 1 aromatic heterocycles. The number of furan rings is 1. The van der Waals surface area contributed by atoms with Gasteiger partial charge in [-0.2, -0.15) is 0 Å². The molecule has 51 heavy (non-hydrogen) atoms. The zero-order valence-corrected chi connectivity index (χ0v) is 28.6. The fourth-order valence-electron chi connectivity index (χ4n) is 7.04. The summed E-state index contributed by atoms with van der Waals surface area (Å²) < 4.78 is 6.36. The molecule has 0 unspecified atom stereocenters. The van der Waals surface area contributed by atoms with Crippen molar-refractivity contribution >= 4 is 39.2 Å². The van der Waals surface area contributed by atoms with Crippen molar-refractivity contribution in [1.82, 2.24) is 0 Å². The smallest absolute Gasteiger partial charge is 0.151 e. The molecule has 0 aliphatic heterocycles. The number of hydrogen-bond donors (Lipinski definition) is 0. The number of rotatable bonds is 8. The van der Waals surface area contributed by atoms with Crippen LogP contribution in [-0.4, -0.2) is 0 Å². The summed E-state index contributed by atoms with van der Waals surface area (Å²) in [7, 11) is 0. The summed E-state index contributed by atoms with van der Waals surface area (Å²) in [5, 5.41) is 0.953. The molecule has 1 aliphatic carbocycles. The Morgan fingerprint density at radius 1 is 0.647 bits per heavy atom. The molecule has 0 N–H and O–H groups in total. The van der Waals surface area contributed by atoms with Crippen molar-refractivity contribution in [2.45, 2.75) is 19.8 Å². The van der Waals surface area contributed by atoms with E-state index in [1.807, 2.05) is 31.2 Å². The van der Waals surface area contributed by atoms with Crippen LogP contribution in [0.2, 0.25) is 0 Å². The zero-order valence-electron chi connectivity index (χ0n) is 28.6. The van der Waals surface area contributed by atoms with E-state index in [1.54, 1.807) is 0 Å². The van der Waals surface area contributed by atoms with Gasteiger partial charge in [0.15, 0.2) is 5.76 Å². The average Bonchev–Trinajstić information content (AvgIpc) is 3.58. The van der Waals surface area contributed by atoms with Gasteiger partial charge in [0.25, 0.3) is 0 Å². The van der Waals surface area contributed by atoms with E-state index in [4.69, 9.17) is 10.8 Å². The largest absolute Gasteiger partial charge is 0.455 e. The summed E-state index contributed by atoms with van der Waals surface area (Å²) in [5.74, 6) is 3.61. The fraction of sp³-hybridized carbons (Fsp3) is 0.0612. The standard InChI is InChI=1S/C49H37NO/c1-3-45(49-46(4-2)47-22-14-15-23-48(47)51-49)39-26-30-43(31-27-39)50(42-28-24-38(25-29-42)35-16-8-5-9-17-35)44-33-40(36-18-10-6-11-19-36)32-41(34-44)37-20-12-7-13-21-37/h2-3,5-12,14-20,22-34H,13,21H2,1H3/b45-3-. The van der Waals surface area contributed by atoms with Crippen LogP contribution in [0.25, 0.3) is 44.4 Å². The van der Waals surface area contributed by atoms with Crippen molar-refractivity contribution in [3.8, 4) is 34.6 Å². The average molecular weight is 656 g/mol. The SMILES string of the molecule is C#Cc1c(/C(=C\C)c2ccc(N(c3ccc(-c4ccccc4)cc3)c3cc(C4=CC=CCC4)cc(-c4ccccc4)c3)cc2)oc2ccccc12. The molecule has 0 radical (unpaired) electrons. The molecule has 0 spiro atoms. The summed E-state index contributed by atoms with van der Waals surface area (Å²) in [5.41, 5.74) is 14.1. The third-order valence-electron chi connectivity index (χ3n) is 9.61. The van der Waals surface area contributed by atoms with E-state index < -0.39 is 0 Å². The molecule has 8 rings (SSSR count). The lowest BCUT2D eigenvalue weighted by Gasteiger charge is -2.28. The first-order chi connectivity index (χ1) is 25.2. The molecule has 2 nitrogen and oxygen atoms in total. The van der Waals surface area contributed by atoms with E-state index in [0.29, 0.717) is 0 Å². The number of anilines is 3. The zero-order chi connectivity index (χ0) is 34.6. The Morgan fingerprint density at radius 2 is 1.25 bits per heavy atom. The normalized spacial score (nSPS) is 12.8. The Hall–Kier alpha value is -6.56. The lowest BCUT2D eigenvalue weighted by Crippen LogP contribution is -2.11. The molecule has 0 amide bonds. The maximum Gasteiger partial charge on any atom is 0.151 e. The molecule has 0 atom stereocenters. The van der Waals surface area contributed by atoms with Gasteiger partial charge in [0.1, 0.15) is 5.58 Å². The van der Waals surface area contributed by atoms with E-state index in [2.05, 4.69) is 163 Å². The Labute approximate surface area is 300 Å². The molecule has 6 aromatic carbocycles. The first-order valence-corrected chi connectivity index (χ1v) is 17.5. The molecule has 0 saturated carbocycles. The maximum absolute atomic E-state index is 6.36. The van der Waals surface area contributed by atoms with Crippen LogP contribution in [0.15, 0.2) is 180 Å². The highest BCUT2D eigenvalue weighted by Crippen LogP contribution is 2.41. The van der Waals surface area contributed by atoms with Gasteiger partial charge in [-0.1, -0.05) is 127 Å². The van der Waals surface area contributed by atoms with Crippen molar-refractivity contribution in [3.63, 3.8) is 0 Å². The summed E-state index contributed by atoms with van der Waals surface area (Å²) in [6.07, 6.45) is 16.9. The number of terminal acetylenes is 1. The summed E-state index contributed by atoms with van der Waals surface area (Å²) >= 11 is 0. The van der Waals surface area contributed by atoms with Crippen molar-refractivity contribution in [2.24, 2.45) is 0 Å². The number of benzene rings is 6. The van der Waals surface area contributed by atoms with Crippen molar-refractivity contribution in [3.05, 3.63) is 198 Å². The molecule has 1 aliphatic rings. The van der Waals surface area contributed by atoms with Gasteiger partial charge in [-0.15, -0.1) is 6.42 Å². The molecular formula is C49H37NO. The van der Waals surface area contributed by atoms with Crippen LogP contribution in [0.1, 0.15) is 42.2 Å². The van der Waals surface area contributed by atoms with Crippen LogP contribution in [0.3, 0.4) is 0 Å². The minimum atomic E-state index is 0.720. The molecular weight excluding hydrogens is 619 g/mol. The van der Waals surface area contributed by atoms with Crippen molar-refractivity contribution in [1.29, 1.82) is 0 Å². The predicted molar refractivity (Wildman–Crippen MR) is 215 cm³/mol. The predicted octanol–water partition coefficient (Wildman–Crippen LogP) is 13.4. The number of allylic oxidation sites excluding steroid dienone is 5. The second kappa shape index (κ2) is 14.1. The van der Waals surface area contributed by atoms with Gasteiger partial charge in [-0.3, -0.25) is 0 Å². The number of para-hydroxylation sites is 1. The van der Waals surface area contributed by atoms with Gasteiger partial charge in [-0.25, -0.2) is 0 Å². The summed E-state index contributed by atoms with van der Waals surface area (Å²) in [4.78, 5) is 2.36. The molecule has 7 aromatic rings. The number of fused-ring (bicyclic) bond motifs is 1. The Balaban J connectivity index is 1.26. The Morgan fingerprint density at radius 3 is 1.90 bits per heavy atom. The monoisotopic (exact) mass is 655 g/mol. The van der Waals surface area contributed by atoms with Crippen LogP contribution < -0.4 is 4.90 Å². The quantitative estimate of drug-likeness (QED) is 0.152. The third-order valence-corrected chi connectivity index (χ3v) is 9.61. The van der Waals surface area contributed by atoms with E-state index in [1.165, 1.54) is 33.4 Å². The number of nitrogens with zero attached hydrogens (tertiary/aromatic N) is 1. The van der Waals surface area contributed by atoms with Gasteiger partial charge in [0.05, 0.1) is 5.56 Å². The summed E-state index contributed by atoms with van der Waals surface area (Å²) in [6.45, 7) is 2.03. The Kier molecular flexibility index (Phi) is 8.77. The van der Waals surface area contributed by atoms with Crippen molar-refractivity contribution in [2.75, 3.05) is 4.90 Å². The maximum atomic E-state index is 6.36. The first kappa shape index (κ1) is 31.7. The number of hydrogen-bond acceptors (Lipinski definition) is 2. The highest BCUT2D eigenvalue weighted by atomic mass is 16.3. The second-order valence-electron chi connectivity index (χ2n) is 12.7. The van der Waals surface area contributed by atoms with Crippen molar-refractivity contribution < 1.29 is 4.42 Å². The fourth-order valence-corrected chi connectivity index (χ4v) is 7.04. The van der Waals surface area contributed by atoms with E-state index in [9.17, 15) is 0 Å². The Bertz CT molecular complexity index is 2450. The molecule has 0 saturated heterocycles. The highest BCUT2D eigenvalue weighted by molar-refractivity contribution is 5.93. The molecule has 0 bridgehead atoms. The van der Waals surface area contributed by atoms with Gasteiger partial charge < -0.3 is 9.32 Å². The lowest BCUT2D eigenvalue weighted by molar-refractivity contribution is 0.599. The minimum absolute atomic E-state index is 0.720. The van der Waals surface area contributed by atoms with Crippen LogP contribution in [0, 0.1) is 12.3 Å². The molecule has 244 valence electrons. The van der Waals surface area contributed by atoms with E-state index in [-0.39, 0.29) is 0 Å². The van der Waals surface area contributed by atoms with Gasteiger partial charge in [0, 0.05) is 28.0 Å². The first-order valence-electron chi connectivity index (χ1n) is 17.5. The highest BCUT2D eigenvalue weighted by Gasteiger charge is 2.20. The van der Waals surface area contributed by atoms with Crippen LogP contribution in [0.4, 0.5) is 17.1 Å². The van der Waals surface area contributed by atoms with Gasteiger partial charge >= 0.3 is 0 Å². The van der Waals surface area contributed by atoms with E-state index in [0.717, 1.165) is 63.3 Å². The van der Waals surface area contributed by atoms with E-state index >= 15 is 0 Å². The van der Waals surface area contributed by atoms with Crippen LogP contribution in [0.5, 0.6) is 0 Å². The van der Waals surface area contributed by atoms with Gasteiger partial charge in [-0.05, 0) is 113 Å². The molecule has 2 heteroatoms. The van der Waals surface area contributed by atoms with Crippen LogP contribution >= 0.6 is 0 Å². The molecule has 0 fully saturated rings.